The second-order valence-corrected chi connectivity index (χ2v) is 9.46. The number of halogens is 5. The van der Waals surface area contributed by atoms with Crippen molar-refractivity contribution >= 4 is 41.7 Å². The van der Waals surface area contributed by atoms with Crippen LogP contribution in [-0.2, 0) is 9.84 Å². The molecule has 3 rings (SSSR count). The van der Waals surface area contributed by atoms with E-state index in [0.717, 1.165) is 18.4 Å². The molecular formula is C17H10Br2F3NO3S. The first-order chi connectivity index (χ1) is 12.6. The summed E-state index contributed by atoms with van der Waals surface area (Å²) >= 11 is 6.61. The van der Waals surface area contributed by atoms with Crippen molar-refractivity contribution in [2.75, 3.05) is 6.26 Å². The van der Waals surface area contributed by atoms with Gasteiger partial charge in [0.05, 0.1) is 5.56 Å². The van der Waals surface area contributed by atoms with Crippen LogP contribution in [0.3, 0.4) is 0 Å². The van der Waals surface area contributed by atoms with E-state index in [4.69, 9.17) is 4.52 Å². The zero-order chi connectivity index (χ0) is 19.9. The number of benzene rings is 2. The summed E-state index contributed by atoms with van der Waals surface area (Å²) < 4.78 is 70.5. The Hall–Kier alpha value is -1.65. The normalized spacial score (nSPS) is 12.0. The molecule has 0 radical (unpaired) electrons. The molecule has 0 atom stereocenters. The van der Waals surface area contributed by atoms with Crippen molar-refractivity contribution in [3.05, 3.63) is 56.9 Å². The standard InChI is InChI=1S/C17H10Br2F3NO3S/c1-27(24,25)13-3-2-8(6-12(13)20)14-15(23-26-16(14)17(21)22)9-4-10(18)7-11(19)5-9/h2-7,17H,1H3. The van der Waals surface area contributed by atoms with Gasteiger partial charge in [-0.3, -0.25) is 0 Å². The molecule has 0 aliphatic rings. The quantitative estimate of drug-likeness (QED) is 0.419. The number of rotatable bonds is 4. The van der Waals surface area contributed by atoms with Crippen LogP contribution in [0.15, 0.2) is 54.8 Å². The summed E-state index contributed by atoms with van der Waals surface area (Å²) in [6, 6.07) is 8.19. The lowest BCUT2D eigenvalue weighted by molar-refractivity contribution is 0.113. The minimum atomic E-state index is -3.79. The fraction of sp³-hybridized carbons (Fsp3) is 0.118. The van der Waals surface area contributed by atoms with Crippen LogP contribution in [0.2, 0.25) is 0 Å². The van der Waals surface area contributed by atoms with E-state index in [9.17, 15) is 21.6 Å². The molecule has 27 heavy (non-hydrogen) atoms. The van der Waals surface area contributed by atoms with Crippen LogP contribution in [0.4, 0.5) is 13.2 Å². The Morgan fingerprint density at radius 3 is 2.19 bits per heavy atom. The molecule has 1 aromatic heterocycles. The Labute approximate surface area is 169 Å². The Kier molecular flexibility index (Phi) is 5.51. The third-order valence-electron chi connectivity index (χ3n) is 3.67. The summed E-state index contributed by atoms with van der Waals surface area (Å²) in [5.74, 6) is -1.77. The van der Waals surface area contributed by atoms with Crippen LogP contribution in [-0.4, -0.2) is 19.8 Å². The van der Waals surface area contributed by atoms with E-state index < -0.39 is 32.7 Å². The molecule has 1 heterocycles. The molecule has 0 amide bonds. The average Bonchev–Trinajstić information content (AvgIpc) is 2.97. The summed E-state index contributed by atoms with van der Waals surface area (Å²) in [5, 5.41) is 3.73. The Bertz CT molecular complexity index is 1110. The summed E-state index contributed by atoms with van der Waals surface area (Å²) in [7, 11) is -3.79. The minimum absolute atomic E-state index is 0.0301. The third-order valence-corrected chi connectivity index (χ3v) is 5.72. The third kappa shape index (κ3) is 4.12. The Morgan fingerprint density at radius 1 is 1.04 bits per heavy atom. The SMILES string of the molecule is CS(=O)(=O)c1ccc(-c2c(-c3cc(Br)cc(Br)c3)noc2C(F)F)cc1F. The molecular weight excluding hydrogens is 515 g/mol. The van der Waals surface area contributed by atoms with Crippen LogP contribution in [0, 0.1) is 5.82 Å². The van der Waals surface area contributed by atoms with Crippen molar-refractivity contribution < 1.29 is 26.1 Å². The first kappa shape index (κ1) is 20.1. The molecule has 0 saturated heterocycles. The maximum Gasteiger partial charge on any atom is 0.298 e. The molecule has 0 N–H and O–H groups in total. The molecule has 10 heteroatoms. The maximum atomic E-state index is 14.3. The summed E-state index contributed by atoms with van der Waals surface area (Å²) in [6.45, 7) is 0. The van der Waals surface area contributed by atoms with Gasteiger partial charge in [-0.05, 0) is 35.9 Å². The van der Waals surface area contributed by atoms with Crippen molar-refractivity contribution in [2.24, 2.45) is 0 Å². The van der Waals surface area contributed by atoms with Gasteiger partial charge in [0.1, 0.15) is 16.4 Å². The summed E-state index contributed by atoms with van der Waals surface area (Å²) in [5.41, 5.74) is 0.463. The second-order valence-electron chi connectivity index (χ2n) is 5.65. The molecule has 0 unspecified atom stereocenters. The molecule has 0 aliphatic heterocycles. The highest BCUT2D eigenvalue weighted by Crippen LogP contribution is 2.41. The molecule has 4 nitrogen and oxygen atoms in total. The number of hydrogen-bond acceptors (Lipinski definition) is 4. The van der Waals surface area contributed by atoms with Crippen LogP contribution < -0.4 is 0 Å². The smallest absolute Gasteiger partial charge is 0.298 e. The summed E-state index contributed by atoms with van der Waals surface area (Å²) in [4.78, 5) is -0.520. The number of sulfone groups is 1. The topological polar surface area (TPSA) is 60.2 Å². The van der Waals surface area contributed by atoms with E-state index in [1.165, 1.54) is 6.07 Å². The highest BCUT2D eigenvalue weighted by molar-refractivity contribution is 9.11. The molecule has 0 bridgehead atoms. The first-order valence-electron chi connectivity index (χ1n) is 7.32. The van der Waals surface area contributed by atoms with Crippen molar-refractivity contribution in [1.82, 2.24) is 5.16 Å². The molecule has 0 saturated carbocycles. The predicted molar refractivity (Wildman–Crippen MR) is 101 cm³/mol. The van der Waals surface area contributed by atoms with Gasteiger partial charge in [0.15, 0.2) is 9.84 Å². The number of nitrogens with zero attached hydrogens (tertiary/aromatic N) is 1. The Balaban J connectivity index is 2.26. The average molecular weight is 525 g/mol. The zero-order valence-electron chi connectivity index (χ0n) is 13.5. The fourth-order valence-corrected chi connectivity index (χ4v) is 4.60. The monoisotopic (exact) mass is 523 g/mol. The van der Waals surface area contributed by atoms with Crippen LogP contribution in [0.25, 0.3) is 22.4 Å². The van der Waals surface area contributed by atoms with Gasteiger partial charge in [-0.15, -0.1) is 0 Å². The lowest BCUT2D eigenvalue weighted by Crippen LogP contribution is -2.01. The molecule has 2 aromatic carbocycles. The lowest BCUT2D eigenvalue weighted by atomic mass is 9.99. The fourth-order valence-electron chi connectivity index (χ4n) is 2.58. The van der Waals surface area contributed by atoms with Gasteiger partial charge in [-0.25, -0.2) is 21.6 Å². The van der Waals surface area contributed by atoms with E-state index in [1.54, 1.807) is 18.2 Å². The molecule has 3 aromatic rings. The minimum Gasteiger partial charge on any atom is -0.354 e. The van der Waals surface area contributed by atoms with E-state index in [0.29, 0.717) is 14.5 Å². The van der Waals surface area contributed by atoms with E-state index in [2.05, 4.69) is 37.0 Å². The first-order valence-corrected chi connectivity index (χ1v) is 10.8. The Morgan fingerprint density at radius 2 is 1.67 bits per heavy atom. The molecule has 0 aliphatic carbocycles. The van der Waals surface area contributed by atoms with Crippen molar-refractivity contribution in [3.8, 4) is 22.4 Å². The van der Waals surface area contributed by atoms with Crippen molar-refractivity contribution in [3.63, 3.8) is 0 Å². The van der Waals surface area contributed by atoms with Crippen LogP contribution >= 0.6 is 31.9 Å². The van der Waals surface area contributed by atoms with Gasteiger partial charge in [0, 0.05) is 20.8 Å². The second kappa shape index (κ2) is 7.40. The van der Waals surface area contributed by atoms with Gasteiger partial charge in [0.25, 0.3) is 6.43 Å². The highest BCUT2D eigenvalue weighted by Gasteiger charge is 2.27. The van der Waals surface area contributed by atoms with Crippen molar-refractivity contribution in [1.29, 1.82) is 0 Å². The summed E-state index contributed by atoms with van der Waals surface area (Å²) in [6.07, 6.45) is -2.13. The van der Waals surface area contributed by atoms with E-state index in [1.807, 2.05) is 0 Å². The van der Waals surface area contributed by atoms with Gasteiger partial charge in [0.2, 0.25) is 5.76 Å². The van der Waals surface area contributed by atoms with Crippen molar-refractivity contribution in [2.45, 2.75) is 11.3 Å². The number of hydrogen-bond donors (Lipinski definition) is 0. The van der Waals surface area contributed by atoms with E-state index in [-0.39, 0.29) is 16.8 Å². The van der Waals surface area contributed by atoms with Crippen LogP contribution in [0.1, 0.15) is 12.2 Å². The predicted octanol–water partition coefficient (Wildman–Crippen LogP) is 6.01. The number of aromatic nitrogens is 1. The number of alkyl halides is 2. The molecule has 0 fully saturated rings. The molecule has 0 spiro atoms. The zero-order valence-corrected chi connectivity index (χ0v) is 17.5. The lowest BCUT2D eigenvalue weighted by Gasteiger charge is -2.08. The van der Waals surface area contributed by atoms with Gasteiger partial charge < -0.3 is 4.52 Å². The highest BCUT2D eigenvalue weighted by atomic mass is 79.9. The van der Waals surface area contributed by atoms with Gasteiger partial charge >= 0.3 is 0 Å². The largest absolute Gasteiger partial charge is 0.354 e. The van der Waals surface area contributed by atoms with E-state index >= 15 is 0 Å². The van der Waals surface area contributed by atoms with Crippen LogP contribution in [0.5, 0.6) is 0 Å². The van der Waals surface area contributed by atoms with Gasteiger partial charge in [-0.1, -0.05) is 43.1 Å². The van der Waals surface area contributed by atoms with Gasteiger partial charge in [-0.2, -0.15) is 0 Å². The maximum absolute atomic E-state index is 14.3. The molecule has 142 valence electrons.